The number of aromatic hydroxyl groups is 2. The number of fused-ring (bicyclic) bond motifs is 1. The number of carbonyl (C=O) groups excluding carboxylic acids is 2. The molecule has 4 rings (SSSR count). The van der Waals surface area contributed by atoms with Crippen molar-refractivity contribution in [2.45, 2.75) is 45.9 Å². The molecule has 0 aliphatic rings. The monoisotopic (exact) mass is 590 g/mol. The molecule has 4 N–H and O–H groups in total. The van der Waals surface area contributed by atoms with Gasteiger partial charge in [0.1, 0.15) is 23.3 Å². The minimum Gasteiger partial charge on any atom is -0.507 e. The largest absolute Gasteiger partial charge is 0.507 e. The van der Waals surface area contributed by atoms with Gasteiger partial charge in [-0.1, -0.05) is 31.2 Å². The van der Waals surface area contributed by atoms with Gasteiger partial charge in [-0.3, -0.25) is 14.2 Å². The molecule has 1 atom stereocenters. The number of aryl methyl sites for hydroxylation is 1. The second-order valence-corrected chi connectivity index (χ2v) is 10.5. The number of phenolic OH excluding ortho intramolecular Hbond substituents is 2. The van der Waals surface area contributed by atoms with Gasteiger partial charge in [0.25, 0.3) is 11.5 Å². The molecule has 0 saturated heterocycles. The Morgan fingerprint density at radius 1 is 1.00 bits per heavy atom. The van der Waals surface area contributed by atoms with Gasteiger partial charge in [0.2, 0.25) is 0 Å². The van der Waals surface area contributed by atoms with Gasteiger partial charge < -0.3 is 30.3 Å². The highest BCUT2D eigenvalue weighted by Gasteiger charge is 2.20. The number of hydrogen-bond acceptors (Lipinski definition) is 8. The Bertz CT molecular complexity index is 1690. The molecule has 0 aliphatic carbocycles. The lowest BCUT2D eigenvalue weighted by Crippen LogP contribution is -2.38. The van der Waals surface area contributed by atoms with E-state index >= 15 is 0 Å². The van der Waals surface area contributed by atoms with E-state index in [0.717, 1.165) is 16.7 Å². The topological polar surface area (TPSA) is 154 Å². The Kier molecular flexibility index (Phi) is 11.0. The van der Waals surface area contributed by atoms with Crippen LogP contribution in [0, 0.1) is 0 Å². The summed E-state index contributed by atoms with van der Waals surface area (Å²) in [5, 5.41) is 30.8. The van der Waals surface area contributed by atoms with Crippen molar-refractivity contribution in [1.29, 1.82) is 0 Å². The lowest BCUT2D eigenvalue weighted by Gasteiger charge is -2.16. The molecular formula is C32H38N4O7. The van der Waals surface area contributed by atoms with Crippen molar-refractivity contribution >= 4 is 23.1 Å². The molecule has 3 aromatic carbocycles. The van der Waals surface area contributed by atoms with Crippen LogP contribution in [0.25, 0.3) is 16.6 Å². The summed E-state index contributed by atoms with van der Waals surface area (Å²) >= 11 is 0. The van der Waals surface area contributed by atoms with E-state index in [9.17, 15) is 29.4 Å². The maximum atomic E-state index is 13.4. The van der Waals surface area contributed by atoms with Crippen LogP contribution in [0.2, 0.25) is 0 Å². The fraction of sp³-hybridized carbons (Fsp3) is 0.312. The normalized spacial score (nSPS) is 11.7. The molecule has 1 amide bonds. The summed E-state index contributed by atoms with van der Waals surface area (Å²) in [5.74, 6) is -1.61. The number of aliphatic hydroxyl groups excluding tert-OH is 1. The molecule has 228 valence electrons. The summed E-state index contributed by atoms with van der Waals surface area (Å²) in [5.41, 5.74) is 1.29. The van der Waals surface area contributed by atoms with E-state index in [1.165, 1.54) is 22.8 Å². The first kappa shape index (κ1) is 32.8. The van der Waals surface area contributed by atoms with Gasteiger partial charge in [-0.15, -0.1) is 0 Å². The molecule has 0 bridgehead atoms. The molecule has 1 aromatic heterocycles. The van der Waals surface area contributed by atoms with Crippen LogP contribution >= 0.6 is 0 Å². The third-order valence-electron chi connectivity index (χ3n) is 6.70. The average Bonchev–Trinajstić information content (AvgIpc) is 2.96. The van der Waals surface area contributed by atoms with Crippen LogP contribution in [0.5, 0.6) is 11.5 Å². The molecule has 11 nitrogen and oxygen atoms in total. The van der Waals surface area contributed by atoms with Gasteiger partial charge in [0.15, 0.2) is 0 Å². The molecule has 0 spiro atoms. The molecule has 0 saturated carbocycles. The minimum atomic E-state index is -0.946. The minimum absolute atomic E-state index is 0.114. The van der Waals surface area contributed by atoms with E-state index in [1.807, 2.05) is 26.1 Å². The highest BCUT2D eigenvalue weighted by atomic mass is 16.3. The van der Waals surface area contributed by atoms with Crippen LogP contribution in [0.1, 0.15) is 42.3 Å². The first-order chi connectivity index (χ1) is 20.4. The predicted octanol–water partition coefficient (Wildman–Crippen LogP) is 2.48. The molecule has 1 unspecified atom stereocenters. The zero-order chi connectivity index (χ0) is 31.8. The number of aldehydes is 1. The molecule has 43 heavy (non-hydrogen) atoms. The summed E-state index contributed by atoms with van der Waals surface area (Å²) < 4.78 is 2.55. The number of phenols is 2. The van der Waals surface area contributed by atoms with Crippen LogP contribution in [0.3, 0.4) is 0 Å². The number of nitrogens with one attached hydrogen (secondary N) is 1. The van der Waals surface area contributed by atoms with E-state index < -0.39 is 34.7 Å². The second kappa shape index (κ2) is 14.4. The third-order valence-corrected chi connectivity index (χ3v) is 6.70. The van der Waals surface area contributed by atoms with Crippen molar-refractivity contribution in [3.8, 4) is 17.2 Å². The van der Waals surface area contributed by atoms with E-state index in [0.29, 0.717) is 35.0 Å². The van der Waals surface area contributed by atoms with Crippen molar-refractivity contribution in [2.24, 2.45) is 7.05 Å². The van der Waals surface area contributed by atoms with Crippen LogP contribution in [0.15, 0.2) is 70.3 Å². The van der Waals surface area contributed by atoms with Gasteiger partial charge in [-0.05, 0) is 81.4 Å². The van der Waals surface area contributed by atoms with Gasteiger partial charge >= 0.3 is 5.69 Å². The van der Waals surface area contributed by atoms with Crippen molar-refractivity contribution in [3.05, 3.63) is 98.2 Å². The molecule has 1 heterocycles. The number of benzene rings is 3. The summed E-state index contributed by atoms with van der Waals surface area (Å²) in [6, 6.07) is 15.0. The first-order valence-electron chi connectivity index (χ1n) is 13.9. The van der Waals surface area contributed by atoms with Crippen molar-refractivity contribution in [3.63, 3.8) is 0 Å². The van der Waals surface area contributed by atoms with Crippen molar-refractivity contribution in [2.75, 3.05) is 13.6 Å². The van der Waals surface area contributed by atoms with Crippen molar-refractivity contribution in [1.82, 2.24) is 19.4 Å². The molecule has 0 fully saturated rings. The first-order valence-corrected chi connectivity index (χ1v) is 13.9. The van der Waals surface area contributed by atoms with Gasteiger partial charge in [0, 0.05) is 19.7 Å². The van der Waals surface area contributed by atoms with E-state index in [1.54, 1.807) is 51.2 Å². The lowest BCUT2D eigenvalue weighted by molar-refractivity contribution is -0.109. The fourth-order valence-corrected chi connectivity index (χ4v) is 4.43. The second-order valence-electron chi connectivity index (χ2n) is 10.5. The van der Waals surface area contributed by atoms with E-state index in [-0.39, 0.29) is 18.1 Å². The Morgan fingerprint density at radius 3 is 2.14 bits per heavy atom. The fourth-order valence-electron chi connectivity index (χ4n) is 4.43. The smallest absolute Gasteiger partial charge is 0.335 e. The summed E-state index contributed by atoms with van der Waals surface area (Å²) in [6.45, 7) is 7.01. The van der Waals surface area contributed by atoms with Crippen molar-refractivity contribution < 1.29 is 24.9 Å². The zero-order valence-electron chi connectivity index (χ0n) is 24.9. The Labute approximate surface area is 249 Å². The number of nitrogens with zero attached hydrogens (tertiary/aromatic N) is 3. The molecule has 0 radical (unpaired) electrons. The number of hydrogen-bond donors (Lipinski definition) is 4. The van der Waals surface area contributed by atoms with Crippen LogP contribution < -0.4 is 16.6 Å². The number of aliphatic hydroxyl groups is 1. The summed E-state index contributed by atoms with van der Waals surface area (Å²) in [4.78, 5) is 52.9. The SMILES string of the molecule is CC(C)O.CCN(C)Cc1ccc2c(c1)c(=O)n(-c1ccc(CC(C=O)NC(=O)c3c(O)cccc3O)cc1)c(=O)n2C. The van der Waals surface area contributed by atoms with Gasteiger partial charge in [-0.25, -0.2) is 9.36 Å². The van der Waals surface area contributed by atoms with Crippen LogP contribution in [-0.4, -0.2) is 67.3 Å². The average molecular weight is 591 g/mol. The standard InChI is InChI=1S/C29H30N4O6.C3H8O/c1-4-31(2)16-19-10-13-23-22(15-19)28(38)33(29(39)32(23)3)21-11-8-18(9-12-21)14-20(17-34)30-27(37)26-24(35)6-5-7-25(26)36;1-3(2)4/h5-13,15,17,20,35-36H,4,14,16H2,1-3H3,(H,30,37);3-4H,1-2H3. The number of rotatable bonds is 9. The van der Waals surface area contributed by atoms with E-state index in [4.69, 9.17) is 5.11 Å². The quantitative estimate of drug-likeness (QED) is 0.217. The lowest BCUT2D eigenvalue weighted by atomic mass is 10.1. The molecule has 4 aromatic rings. The summed E-state index contributed by atoms with van der Waals surface area (Å²) in [6.07, 6.45) is 0.503. The van der Waals surface area contributed by atoms with Gasteiger partial charge in [-0.2, -0.15) is 0 Å². The van der Waals surface area contributed by atoms with Crippen LogP contribution in [0.4, 0.5) is 0 Å². The number of aromatic nitrogens is 2. The predicted molar refractivity (Wildman–Crippen MR) is 165 cm³/mol. The summed E-state index contributed by atoms with van der Waals surface area (Å²) in [7, 11) is 3.60. The highest BCUT2D eigenvalue weighted by Crippen LogP contribution is 2.26. The van der Waals surface area contributed by atoms with Gasteiger partial charge in [0.05, 0.1) is 22.6 Å². The maximum Gasteiger partial charge on any atom is 0.335 e. The number of carbonyl (C=O) groups is 2. The molecule has 0 aliphatic heterocycles. The highest BCUT2D eigenvalue weighted by molar-refractivity contribution is 6.00. The van der Waals surface area contributed by atoms with Crippen LogP contribution in [-0.2, 0) is 24.8 Å². The molecule has 11 heteroatoms. The third kappa shape index (κ3) is 7.97. The Balaban J connectivity index is 0.00000119. The Hall–Kier alpha value is -4.74. The maximum absolute atomic E-state index is 13.4. The molecular weight excluding hydrogens is 552 g/mol. The Morgan fingerprint density at radius 2 is 1.58 bits per heavy atom. The zero-order valence-corrected chi connectivity index (χ0v) is 24.9. The van der Waals surface area contributed by atoms with E-state index in [2.05, 4.69) is 10.2 Å². The number of amides is 1.